The van der Waals surface area contributed by atoms with Crippen molar-refractivity contribution in [3.8, 4) is 11.5 Å². The summed E-state index contributed by atoms with van der Waals surface area (Å²) in [5, 5.41) is 7.13. The average Bonchev–Trinajstić information content (AvgIpc) is 3.35. The number of likely N-dealkylation sites (tertiary alicyclic amines) is 1. The van der Waals surface area contributed by atoms with Crippen LogP contribution >= 0.6 is 0 Å². The van der Waals surface area contributed by atoms with Crippen molar-refractivity contribution in [2.45, 2.75) is 39.2 Å². The molecule has 0 radical (unpaired) electrons. The van der Waals surface area contributed by atoms with E-state index < -0.39 is 0 Å². The maximum atomic E-state index is 11.3. The lowest BCUT2D eigenvalue weighted by Crippen LogP contribution is -2.23. The largest absolute Gasteiger partial charge is 0.493 e. The minimum Gasteiger partial charge on any atom is -0.493 e. The van der Waals surface area contributed by atoms with Crippen LogP contribution in [-0.4, -0.2) is 54.1 Å². The molecule has 2 N–H and O–H groups in total. The molecular formula is C26H33N5O3. The highest BCUT2D eigenvalue weighted by Gasteiger charge is 2.14. The van der Waals surface area contributed by atoms with Crippen LogP contribution < -0.4 is 20.1 Å². The van der Waals surface area contributed by atoms with E-state index in [0.29, 0.717) is 23.9 Å². The number of nitrogens with zero attached hydrogens (tertiary/aromatic N) is 3. The highest BCUT2D eigenvalue weighted by atomic mass is 16.5. The first-order chi connectivity index (χ1) is 16.5. The molecule has 4 rings (SSSR count). The van der Waals surface area contributed by atoms with Crippen molar-refractivity contribution >= 4 is 28.3 Å². The number of anilines is 2. The van der Waals surface area contributed by atoms with Gasteiger partial charge in [-0.1, -0.05) is 12.1 Å². The molecule has 34 heavy (non-hydrogen) atoms. The molecule has 0 aliphatic carbocycles. The van der Waals surface area contributed by atoms with Crippen molar-refractivity contribution in [2.24, 2.45) is 0 Å². The van der Waals surface area contributed by atoms with Gasteiger partial charge in [-0.3, -0.25) is 4.79 Å². The van der Waals surface area contributed by atoms with Gasteiger partial charge >= 0.3 is 0 Å². The SMILES string of the molecule is COc1cc2ncnc(Nc3ccc([C@H](C)NC(C)=O)cc3)c2cc1OCCCN1CCCC1. The number of carbonyl (C=O) groups is 1. The Kier molecular flexibility index (Phi) is 7.80. The van der Waals surface area contributed by atoms with Crippen LogP contribution in [0.1, 0.15) is 44.7 Å². The van der Waals surface area contributed by atoms with E-state index in [-0.39, 0.29) is 11.9 Å². The molecule has 1 aliphatic heterocycles. The van der Waals surface area contributed by atoms with Crippen molar-refractivity contribution in [1.29, 1.82) is 0 Å². The van der Waals surface area contributed by atoms with Crippen molar-refractivity contribution in [3.05, 3.63) is 48.3 Å². The van der Waals surface area contributed by atoms with Crippen LogP contribution in [0.4, 0.5) is 11.5 Å². The van der Waals surface area contributed by atoms with E-state index in [1.807, 2.05) is 43.3 Å². The topological polar surface area (TPSA) is 88.6 Å². The fourth-order valence-electron chi connectivity index (χ4n) is 4.29. The number of rotatable bonds is 10. The average molecular weight is 464 g/mol. The van der Waals surface area contributed by atoms with Crippen LogP contribution in [0.25, 0.3) is 10.9 Å². The quantitative estimate of drug-likeness (QED) is 0.430. The lowest BCUT2D eigenvalue weighted by Gasteiger charge is -2.16. The maximum absolute atomic E-state index is 11.3. The smallest absolute Gasteiger partial charge is 0.217 e. The molecule has 0 unspecified atom stereocenters. The van der Waals surface area contributed by atoms with Crippen molar-refractivity contribution in [1.82, 2.24) is 20.2 Å². The van der Waals surface area contributed by atoms with Crippen molar-refractivity contribution in [3.63, 3.8) is 0 Å². The van der Waals surface area contributed by atoms with Gasteiger partial charge in [-0.2, -0.15) is 0 Å². The third-order valence-electron chi connectivity index (χ3n) is 6.09. The van der Waals surface area contributed by atoms with E-state index in [9.17, 15) is 4.79 Å². The standard InChI is InChI=1S/C26H33N5O3/c1-18(29-19(2)32)20-7-9-21(10-8-20)30-26-22-15-25(24(33-3)16-23(22)27-17-28-26)34-14-6-13-31-11-4-5-12-31/h7-10,15-18H,4-6,11-14H2,1-3H3,(H,29,32)(H,27,28,30)/t18-/m0/s1. The molecule has 2 heterocycles. The first-order valence-electron chi connectivity index (χ1n) is 11.9. The number of fused-ring (bicyclic) bond motifs is 1. The van der Waals surface area contributed by atoms with E-state index in [2.05, 4.69) is 25.5 Å². The summed E-state index contributed by atoms with van der Waals surface area (Å²) < 4.78 is 11.7. The van der Waals surface area contributed by atoms with Gasteiger partial charge in [0.1, 0.15) is 12.1 Å². The molecule has 1 aliphatic rings. The summed E-state index contributed by atoms with van der Waals surface area (Å²) in [6, 6.07) is 11.7. The normalized spacial score (nSPS) is 14.7. The summed E-state index contributed by atoms with van der Waals surface area (Å²) in [7, 11) is 1.64. The maximum Gasteiger partial charge on any atom is 0.217 e. The molecule has 1 atom stereocenters. The zero-order chi connectivity index (χ0) is 23.9. The number of aromatic nitrogens is 2. The zero-order valence-corrected chi connectivity index (χ0v) is 20.1. The number of hydrogen-bond donors (Lipinski definition) is 2. The van der Waals surface area contributed by atoms with Gasteiger partial charge < -0.3 is 25.0 Å². The summed E-state index contributed by atoms with van der Waals surface area (Å²) in [5.41, 5.74) is 2.69. The lowest BCUT2D eigenvalue weighted by molar-refractivity contribution is -0.119. The number of nitrogens with one attached hydrogen (secondary N) is 2. The minimum absolute atomic E-state index is 0.0494. The number of hydrogen-bond acceptors (Lipinski definition) is 7. The van der Waals surface area contributed by atoms with Gasteiger partial charge in [-0.05, 0) is 63.0 Å². The Morgan fingerprint density at radius 2 is 1.88 bits per heavy atom. The molecule has 2 aromatic carbocycles. The predicted octanol–water partition coefficient (Wildman–Crippen LogP) is 4.44. The molecule has 8 nitrogen and oxygen atoms in total. The summed E-state index contributed by atoms with van der Waals surface area (Å²) in [6.07, 6.45) is 5.10. The number of benzene rings is 2. The molecule has 1 fully saturated rings. The monoisotopic (exact) mass is 463 g/mol. The third kappa shape index (κ3) is 5.94. The number of amides is 1. The Bertz CT molecular complexity index is 1110. The Morgan fingerprint density at radius 1 is 1.12 bits per heavy atom. The summed E-state index contributed by atoms with van der Waals surface area (Å²) in [6.45, 7) is 7.55. The zero-order valence-electron chi connectivity index (χ0n) is 20.1. The summed E-state index contributed by atoms with van der Waals surface area (Å²) in [4.78, 5) is 22.7. The Balaban J connectivity index is 1.48. The van der Waals surface area contributed by atoms with Gasteiger partial charge in [-0.25, -0.2) is 9.97 Å². The molecule has 0 saturated carbocycles. The van der Waals surface area contributed by atoms with Crippen LogP contribution in [0.5, 0.6) is 11.5 Å². The Hall–Kier alpha value is -3.39. The van der Waals surface area contributed by atoms with E-state index in [1.165, 1.54) is 39.2 Å². The highest BCUT2D eigenvalue weighted by Crippen LogP contribution is 2.35. The van der Waals surface area contributed by atoms with Gasteiger partial charge in [0.15, 0.2) is 11.5 Å². The van der Waals surface area contributed by atoms with E-state index in [0.717, 1.165) is 35.1 Å². The molecule has 8 heteroatoms. The van der Waals surface area contributed by atoms with Gasteiger partial charge in [0, 0.05) is 30.6 Å². The highest BCUT2D eigenvalue weighted by molar-refractivity contribution is 5.93. The number of ether oxygens (including phenoxy) is 2. The van der Waals surface area contributed by atoms with Gasteiger partial charge in [0.2, 0.25) is 5.91 Å². The van der Waals surface area contributed by atoms with E-state index >= 15 is 0 Å². The first kappa shape index (κ1) is 23.8. The molecule has 3 aromatic rings. The second-order valence-electron chi connectivity index (χ2n) is 8.66. The second kappa shape index (κ2) is 11.2. The Labute approximate surface area is 200 Å². The molecular weight excluding hydrogens is 430 g/mol. The van der Waals surface area contributed by atoms with Crippen LogP contribution in [-0.2, 0) is 4.79 Å². The van der Waals surface area contributed by atoms with Gasteiger partial charge in [-0.15, -0.1) is 0 Å². The molecule has 0 bridgehead atoms. The lowest BCUT2D eigenvalue weighted by atomic mass is 10.1. The van der Waals surface area contributed by atoms with Crippen molar-refractivity contribution in [2.75, 3.05) is 38.7 Å². The summed E-state index contributed by atoms with van der Waals surface area (Å²) in [5.74, 6) is 1.99. The molecule has 1 amide bonds. The summed E-state index contributed by atoms with van der Waals surface area (Å²) >= 11 is 0. The second-order valence-corrected chi connectivity index (χ2v) is 8.66. The Morgan fingerprint density at radius 3 is 2.59 bits per heavy atom. The third-order valence-corrected chi connectivity index (χ3v) is 6.09. The molecule has 1 saturated heterocycles. The van der Waals surface area contributed by atoms with E-state index in [4.69, 9.17) is 9.47 Å². The van der Waals surface area contributed by atoms with Crippen LogP contribution in [0.15, 0.2) is 42.7 Å². The first-order valence-corrected chi connectivity index (χ1v) is 11.9. The predicted molar refractivity (Wildman–Crippen MR) is 134 cm³/mol. The van der Waals surface area contributed by atoms with Gasteiger partial charge in [0.05, 0.1) is 25.3 Å². The fraction of sp³-hybridized carbons (Fsp3) is 0.423. The molecule has 0 spiro atoms. The van der Waals surface area contributed by atoms with Crippen LogP contribution in [0.3, 0.4) is 0 Å². The van der Waals surface area contributed by atoms with Crippen LogP contribution in [0, 0.1) is 0 Å². The number of carbonyl (C=O) groups excluding carboxylic acids is 1. The van der Waals surface area contributed by atoms with E-state index in [1.54, 1.807) is 7.11 Å². The fourth-order valence-corrected chi connectivity index (χ4v) is 4.29. The molecule has 1 aromatic heterocycles. The minimum atomic E-state index is -0.0518. The number of methoxy groups -OCH3 is 1. The van der Waals surface area contributed by atoms with Crippen molar-refractivity contribution < 1.29 is 14.3 Å². The molecule has 180 valence electrons. The van der Waals surface area contributed by atoms with Gasteiger partial charge in [0.25, 0.3) is 0 Å². The van der Waals surface area contributed by atoms with Crippen LogP contribution in [0.2, 0.25) is 0 Å².